The van der Waals surface area contributed by atoms with Crippen LogP contribution in [-0.4, -0.2) is 41.6 Å². The summed E-state index contributed by atoms with van der Waals surface area (Å²) < 4.78 is 5.42. The highest BCUT2D eigenvalue weighted by atomic mass is 16.6. The van der Waals surface area contributed by atoms with E-state index in [-0.39, 0.29) is 17.6 Å². The Labute approximate surface area is 143 Å². The molecule has 0 saturated carbocycles. The molecule has 1 aliphatic rings. The van der Waals surface area contributed by atoms with Gasteiger partial charge in [-0.15, -0.1) is 6.42 Å². The SMILES string of the molecule is C#Cc1cccc(C(=O)N2CCC(OC(=O)NC(C)(C)C)CC2)c1. The summed E-state index contributed by atoms with van der Waals surface area (Å²) in [4.78, 5) is 26.1. The molecule has 2 rings (SSSR count). The number of nitrogens with zero attached hydrogens (tertiary/aromatic N) is 1. The number of carbonyl (C=O) groups is 2. The van der Waals surface area contributed by atoms with E-state index in [1.54, 1.807) is 29.2 Å². The van der Waals surface area contributed by atoms with E-state index in [0.717, 1.165) is 0 Å². The zero-order chi connectivity index (χ0) is 17.7. The molecule has 1 aromatic rings. The van der Waals surface area contributed by atoms with E-state index in [1.165, 1.54) is 0 Å². The van der Waals surface area contributed by atoms with Gasteiger partial charge in [-0.3, -0.25) is 4.79 Å². The summed E-state index contributed by atoms with van der Waals surface area (Å²) in [6, 6.07) is 7.07. The van der Waals surface area contributed by atoms with Crippen LogP contribution in [0, 0.1) is 12.3 Å². The quantitative estimate of drug-likeness (QED) is 0.849. The molecule has 24 heavy (non-hydrogen) atoms. The molecule has 0 unspecified atom stereocenters. The van der Waals surface area contributed by atoms with Crippen LogP contribution in [0.2, 0.25) is 0 Å². The van der Waals surface area contributed by atoms with Crippen molar-refractivity contribution in [2.45, 2.75) is 45.3 Å². The Morgan fingerprint density at radius 1 is 1.29 bits per heavy atom. The summed E-state index contributed by atoms with van der Waals surface area (Å²) in [7, 11) is 0. The van der Waals surface area contributed by atoms with Gasteiger partial charge in [0.25, 0.3) is 5.91 Å². The van der Waals surface area contributed by atoms with Gasteiger partial charge < -0.3 is 15.0 Å². The van der Waals surface area contributed by atoms with E-state index >= 15 is 0 Å². The highest BCUT2D eigenvalue weighted by molar-refractivity contribution is 5.94. The highest BCUT2D eigenvalue weighted by Crippen LogP contribution is 2.17. The third-order valence-electron chi connectivity index (χ3n) is 3.76. The first-order chi connectivity index (χ1) is 11.3. The summed E-state index contributed by atoms with van der Waals surface area (Å²) in [5.41, 5.74) is 0.962. The molecule has 0 spiro atoms. The number of likely N-dealkylation sites (tertiary alicyclic amines) is 1. The lowest BCUT2D eigenvalue weighted by molar-refractivity contribution is 0.0404. The third kappa shape index (κ3) is 5.02. The average molecular weight is 328 g/mol. The number of carbonyl (C=O) groups excluding carboxylic acids is 2. The molecule has 1 N–H and O–H groups in total. The molecular weight excluding hydrogens is 304 g/mol. The molecule has 0 aliphatic carbocycles. The van der Waals surface area contributed by atoms with E-state index in [0.29, 0.717) is 37.1 Å². The molecule has 0 bridgehead atoms. The summed E-state index contributed by atoms with van der Waals surface area (Å²) in [5.74, 6) is 2.50. The minimum atomic E-state index is -0.408. The van der Waals surface area contributed by atoms with Crippen molar-refractivity contribution < 1.29 is 14.3 Å². The number of benzene rings is 1. The number of hydrogen-bond donors (Lipinski definition) is 1. The van der Waals surface area contributed by atoms with Crippen LogP contribution in [0.15, 0.2) is 24.3 Å². The standard InChI is InChI=1S/C19H24N2O3/c1-5-14-7-6-8-15(13-14)17(22)21-11-9-16(10-12-21)24-18(23)20-19(2,3)4/h1,6-8,13,16H,9-12H2,2-4H3,(H,20,23). The van der Waals surface area contributed by atoms with Crippen LogP contribution in [-0.2, 0) is 4.74 Å². The fourth-order valence-electron chi connectivity index (χ4n) is 2.59. The van der Waals surface area contributed by atoms with Gasteiger partial charge in [0.05, 0.1) is 0 Å². The molecule has 0 radical (unpaired) electrons. The van der Waals surface area contributed by atoms with E-state index in [1.807, 2.05) is 20.8 Å². The fraction of sp³-hybridized carbons (Fsp3) is 0.474. The second kappa shape index (κ2) is 7.39. The van der Waals surface area contributed by atoms with Crippen LogP contribution < -0.4 is 5.32 Å². The Hall–Kier alpha value is -2.48. The van der Waals surface area contributed by atoms with Gasteiger partial charge in [-0.05, 0) is 39.0 Å². The topological polar surface area (TPSA) is 58.6 Å². The zero-order valence-electron chi connectivity index (χ0n) is 14.5. The van der Waals surface area contributed by atoms with Crippen molar-refractivity contribution in [2.75, 3.05) is 13.1 Å². The van der Waals surface area contributed by atoms with E-state index in [9.17, 15) is 9.59 Å². The maximum absolute atomic E-state index is 12.5. The Morgan fingerprint density at radius 3 is 2.54 bits per heavy atom. The monoisotopic (exact) mass is 328 g/mol. The molecule has 5 nitrogen and oxygen atoms in total. The predicted octanol–water partition coefficient (Wildman–Crippen LogP) is 2.80. The first-order valence-electron chi connectivity index (χ1n) is 8.13. The lowest BCUT2D eigenvalue weighted by Crippen LogP contribution is -2.45. The van der Waals surface area contributed by atoms with Crippen LogP contribution in [0.25, 0.3) is 0 Å². The molecule has 1 aliphatic heterocycles. The van der Waals surface area contributed by atoms with Gasteiger partial charge in [0.15, 0.2) is 0 Å². The minimum absolute atomic E-state index is 0.0373. The van der Waals surface area contributed by atoms with Crippen molar-refractivity contribution >= 4 is 12.0 Å². The first-order valence-corrected chi connectivity index (χ1v) is 8.13. The third-order valence-corrected chi connectivity index (χ3v) is 3.76. The molecule has 1 heterocycles. The van der Waals surface area contributed by atoms with Gasteiger partial charge in [-0.2, -0.15) is 0 Å². The van der Waals surface area contributed by atoms with Crippen molar-refractivity contribution in [3.05, 3.63) is 35.4 Å². The van der Waals surface area contributed by atoms with Crippen molar-refractivity contribution in [2.24, 2.45) is 0 Å². The molecule has 128 valence electrons. The van der Waals surface area contributed by atoms with Gasteiger partial charge in [0.1, 0.15) is 6.10 Å². The number of alkyl carbamates (subject to hydrolysis) is 1. The van der Waals surface area contributed by atoms with Crippen LogP contribution in [0.5, 0.6) is 0 Å². The summed E-state index contributed by atoms with van der Waals surface area (Å²) in [6.07, 6.45) is 6.08. The predicted molar refractivity (Wildman–Crippen MR) is 92.7 cm³/mol. The number of ether oxygens (including phenoxy) is 1. The average Bonchev–Trinajstić information content (AvgIpc) is 2.53. The normalized spacial score (nSPS) is 15.5. The van der Waals surface area contributed by atoms with Crippen LogP contribution in [0.1, 0.15) is 49.5 Å². The van der Waals surface area contributed by atoms with E-state index < -0.39 is 6.09 Å². The molecule has 2 amide bonds. The van der Waals surface area contributed by atoms with Crippen molar-refractivity contribution in [1.29, 1.82) is 0 Å². The van der Waals surface area contributed by atoms with Crippen LogP contribution >= 0.6 is 0 Å². The Kier molecular flexibility index (Phi) is 5.50. The number of hydrogen-bond acceptors (Lipinski definition) is 3. The first kappa shape index (κ1) is 17.9. The second-order valence-corrected chi connectivity index (χ2v) is 7.00. The molecular formula is C19H24N2O3. The molecule has 0 aromatic heterocycles. The van der Waals surface area contributed by atoms with Crippen LogP contribution in [0.3, 0.4) is 0 Å². The smallest absolute Gasteiger partial charge is 0.407 e. The zero-order valence-corrected chi connectivity index (χ0v) is 14.5. The molecule has 1 aromatic carbocycles. The molecule has 5 heteroatoms. The summed E-state index contributed by atoms with van der Waals surface area (Å²) >= 11 is 0. The van der Waals surface area contributed by atoms with Gasteiger partial charge >= 0.3 is 6.09 Å². The lowest BCUT2D eigenvalue weighted by atomic mass is 10.1. The summed E-state index contributed by atoms with van der Waals surface area (Å²) in [6.45, 7) is 6.83. The van der Waals surface area contributed by atoms with E-state index in [2.05, 4.69) is 11.2 Å². The van der Waals surface area contributed by atoms with Crippen LogP contribution in [0.4, 0.5) is 4.79 Å². The maximum Gasteiger partial charge on any atom is 0.407 e. The Balaban J connectivity index is 1.87. The largest absolute Gasteiger partial charge is 0.446 e. The molecule has 1 fully saturated rings. The number of nitrogens with one attached hydrogen (secondary N) is 1. The highest BCUT2D eigenvalue weighted by Gasteiger charge is 2.26. The van der Waals surface area contributed by atoms with Crippen molar-refractivity contribution in [3.63, 3.8) is 0 Å². The van der Waals surface area contributed by atoms with Crippen molar-refractivity contribution in [1.82, 2.24) is 10.2 Å². The Bertz CT molecular complexity index is 647. The second-order valence-electron chi connectivity index (χ2n) is 7.00. The number of terminal acetylenes is 1. The Morgan fingerprint density at radius 2 is 1.96 bits per heavy atom. The fourth-order valence-corrected chi connectivity index (χ4v) is 2.59. The van der Waals surface area contributed by atoms with Gasteiger partial charge in [-0.1, -0.05) is 12.0 Å². The number of rotatable bonds is 2. The van der Waals surface area contributed by atoms with Crippen molar-refractivity contribution in [3.8, 4) is 12.3 Å². The molecule has 1 saturated heterocycles. The van der Waals surface area contributed by atoms with E-state index in [4.69, 9.17) is 11.2 Å². The molecule has 0 atom stereocenters. The number of amides is 2. The minimum Gasteiger partial charge on any atom is -0.446 e. The summed E-state index contributed by atoms with van der Waals surface area (Å²) in [5, 5.41) is 2.78. The lowest BCUT2D eigenvalue weighted by Gasteiger charge is -2.32. The van der Waals surface area contributed by atoms with Gasteiger partial charge in [-0.25, -0.2) is 4.79 Å². The maximum atomic E-state index is 12.5. The van der Waals surface area contributed by atoms with Gasteiger partial charge in [0, 0.05) is 42.6 Å². The number of piperidine rings is 1. The van der Waals surface area contributed by atoms with Gasteiger partial charge in [0.2, 0.25) is 0 Å².